The Morgan fingerprint density at radius 2 is 1.91 bits per heavy atom. The fourth-order valence-electron chi connectivity index (χ4n) is 3.40. The van der Waals surface area contributed by atoms with Crippen molar-refractivity contribution in [2.75, 3.05) is 13.9 Å². The molecule has 35 heavy (non-hydrogen) atoms. The predicted octanol–water partition coefficient (Wildman–Crippen LogP) is 4.04. The summed E-state index contributed by atoms with van der Waals surface area (Å²) in [7, 11) is 1.45. The van der Waals surface area contributed by atoms with Gasteiger partial charge in [-0.25, -0.2) is 9.37 Å². The number of rotatable bonds is 8. The van der Waals surface area contributed by atoms with Crippen LogP contribution in [-0.2, 0) is 16.8 Å². The van der Waals surface area contributed by atoms with Crippen LogP contribution in [0.4, 0.5) is 4.39 Å². The maximum Gasteiger partial charge on any atom is 0.313 e. The van der Waals surface area contributed by atoms with Crippen LogP contribution in [0.15, 0.2) is 48.7 Å². The Balaban J connectivity index is 1.52. The monoisotopic (exact) mass is 482 g/mol. The molecular formula is C25H23FN2O7. The molecule has 0 saturated heterocycles. The highest BCUT2D eigenvalue weighted by Gasteiger charge is 2.30. The minimum Gasteiger partial charge on any atom is -0.496 e. The zero-order valence-electron chi connectivity index (χ0n) is 19.3. The molecule has 0 atom stereocenters. The molecule has 3 aromatic rings. The van der Waals surface area contributed by atoms with Gasteiger partial charge in [0.1, 0.15) is 22.9 Å². The van der Waals surface area contributed by atoms with E-state index in [-0.39, 0.29) is 24.8 Å². The average molecular weight is 482 g/mol. The standard InChI is InChI=1S/C25H23FN2O7/c1-25(2,24(30)31)15-5-4-14(20(8-15)32-3)11-27-22(29)18-9-16(26)12-28-23(18)35-17-6-7-19-21(10-17)34-13-33-19/h4-10,12H,11,13H2,1-3H3,(H,27,29)(H,30,31). The second kappa shape index (κ2) is 9.49. The molecule has 2 N–H and O–H groups in total. The van der Waals surface area contributed by atoms with E-state index in [0.717, 1.165) is 12.3 Å². The first-order valence-corrected chi connectivity index (χ1v) is 10.6. The molecule has 10 heteroatoms. The minimum atomic E-state index is -1.12. The van der Waals surface area contributed by atoms with Crippen molar-refractivity contribution in [3.63, 3.8) is 0 Å². The molecule has 0 fully saturated rings. The number of halogens is 1. The van der Waals surface area contributed by atoms with Crippen LogP contribution in [0.2, 0.25) is 0 Å². The highest BCUT2D eigenvalue weighted by Crippen LogP contribution is 2.37. The van der Waals surface area contributed by atoms with Crippen molar-refractivity contribution < 1.29 is 38.0 Å². The van der Waals surface area contributed by atoms with E-state index in [1.54, 1.807) is 50.2 Å². The van der Waals surface area contributed by atoms with Gasteiger partial charge >= 0.3 is 5.97 Å². The lowest BCUT2D eigenvalue weighted by atomic mass is 9.84. The Labute approximate surface area is 200 Å². The van der Waals surface area contributed by atoms with Crippen molar-refractivity contribution >= 4 is 11.9 Å². The molecule has 2 aromatic carbocycles. The molecule has 1 aliphatic heterocycles. The number of ether oxygens (including phenoxy) is 4. The van der Waals surface area contributed by atoms with E-state index in [0.29, 0.717) is 34.1 Å². The smallest absolute Gasteiger partial charge is 0.313 e. The lowest BCUT2D eigenvalue weighted by Crippen LogP contribution is -2.28. The Kier molecular flexibility index (Phi) is 6.46. The summed E-state index contributed by atoms with van der Waals surface area (Å²) in [6.45, 7) is 3.31. The van der Waals surface area contributed by atoms with Gasteiger partial charge in [-0.15, -0.1) is 0 Å². The van der Waals surface area contributed by atoms with Crippen molar-refractivity contribution in [1.29, 1.82) is 0 Å². The molecule has 0 aliphatic carbocycles. The largest absolute Gasteiger partial charge is 0.496 e. The normalized spacial score (nSPS) is 12.2. The van der Waals surface area contributed by atoms with Crippen LogP contribution in [0.25, 0.3) is 0 Å². The molecule has 4 rings (SSSR count). The van der Waals surface area contributed by atoms with Gasteiger partial charge in [-0.05, 0) is 43.7 Å². The van der Waals surface area contributed by atoms with Crippen LogP contribution in [0, 0.1) is 5.82 Å². The second-order valence-electron chi connectivity index (χ2n) is 8.26. The summed E-state index contributed by atoms with van der Waals surface area (Å²) in [6, 6.07) is 10.8. The van der Waals surface area contributed by atoms with Crippen molar-refractivity contribution in [2.45, 2.75) is 25.8 Å². The molecule has 9 nitrogen and oxygen atoms in total. The van der Waals surface area contributed by atoms with Gasteiger partial charge in [-0.2, -0.15) is 0 Å². The summed E-state index contributed by atoms with van der Waals surface area (Å²) < 4.78 is 35.6. The number of carbonyl (C=O) groups is 2. The summed E-state index contributed by atoms with van der Waals surface area (Å²) in [5.74, 6) is -0.600. The van der Waals surface area contributed by atoms with Crippen LogP contribution in [-0.4, -0.2) is 35.9 Å². The third-order valence-electron chi connectivity index (χ3n) is 5.60. The van der Waals surface area contributed by atoms with E-state index >= 15 is 0 Å². The van der Waals surface area contributed by atoms with Gasteiger partial charge in [0, 0.05) is 18.2 Å². The number of hydrogen-bond donors (Lipinski definition) is 2. The third kappa shape index (κ3) is 4.96. The number of carboxylic acid groups (broad SMARTS) is 1. The van der Waals surface area contributed by atoms with Crippen molar-refractivity contribution in [3.05, 3.63) is 71.2 Å². The molecule has 0 bridgehead atoms. The topological polar surface area (TPSA) is 116 Å². The molecule has 2 heterocycles. The average Bonchev–Trinajstić information content (AvgIpc) is 3.31. The first-order valence-electron chi connectivity index (χ1n) is 10.6. The molecule has 0 radical (unpaired) electrons. The number of aromatic nitrogens is 1. The number of hydrogen-bond acceptors (Lipinski definition) is 7. The second-order valence-corrected chi connectivity index (χ2v) is 8.26. The lowest BCUT2D eigenvalue weighted by molar-refractivity contribution is -0.142. The van der Waals surface area contributed by atoms with Crippen LogP contribution in [0.3, 0.4) is 0 Å². The summed E-state index contributed by atoms with van der Waals surface area (Å²) >= 11 is 0. The summed E-state index contributed by atoms with van der Waals surface area (Å²) in [6.07, 6.45) is 0.949. The highest BCUT2D eigenvalue weighted by atomic mass is 19.1. The summed E-state index contributed by atoms with van der Waals surface area (Å²) in [5, 5.41) is 12.2. The Morgan fingerprint density at radius 1 is 1.14 bits per heavy atom. The minimum absolute atomic E-state index is 0.0375. The van der Waals surface area contributed by atoms with E-state index in [4.69, 9.17) is 18.9 Å². The number of nitrogens with zero attached hydrogens (tertiary/aromatic N) is 1. The zero-order chi connectivity index (χ0) is 25.2. The van der Waals surface area contributed by atoms with E-state index in [9.17, 15) is 19.1 Å². The Bertz CT molecular complexity index is 1290. The highest BCUT2D eigenvalue weighted by molar-refractivity contribution is 5.96. The van der Waals surface area contributed by atoms with Crippen molar-refractivity contribution in [3.8, 4) is 28.9 Å². The Hall–Kier alpha value is -4.34. The predicted molar refractivity (Wildman–Crippen MR) is 122 cm³/mol. The Morgan fingerprint density at radius 3 is 2.66 bits per heavy atom. The van der Waals surface area contributed by atoms with Gasteiger partial charge in [0.2, 0.25) is 12.7 Å². The maximum atomic E-state index is 13.9. The molecule has 1 aromatic heterocycles. The van der Waals surface area contributed by atoms with Crippen LogP contribution >= 0.6 is 0 Å². The van der Waals surface area contributed by atoms with Crippen molar-refractivity contribution in [2.24, 2.45) is 0 Å². The van der Waals surface area contributed by atoms with Gasteiger partial charge in [-0.1, -0.05) is 12.1 Å². The summed E-state index contributed by atoms with van der Waals surface area (Å²) in [5.41, 5.74) is -0.0761. The van der Waals surface area contributed by atoms with Crippen LogP contribution in [0.5, 0.6) is 28.9 Å². The van der Waals surface area contributed by atoms with E-state index < -0.39 is 23.1 Å². The van der Waals surface area contributed by atoms with Gasteiger partial charge in [0.15, 0.2) is 11.5 Å². The molecular weight excluding hydrogens is 459 g/mol. The SMILES string of the molecule is COc1cc(C(C)(C)C(=O)O)ccc1CNC(=O)c1cc(F)cnc1Oc1ccc2c(c1)OCO2. The fraction of sp³-hybridized carbons (Fsp3) is 0.240. The number of amides is 1. The van der Waals surface area contributed by atoms with Gasteiger partial charge in [-0.3, -0.25) is 9.59 Å². The summed E-state index contributed by atoms with van der Waals surface area (Å²) in [4.78, 5) is 28.4. The zero-order valence-corrected chi connectivity index (χ0v) is 19.3. The quantitative estimate of drug-likeness (QED) is 0.494. The van der Waals surface area contributed by atoms with E-state index in [2.05, 4.69) is 10.3 Å². The molecule has 0 spiro atoms. The number of benzene rings is 2. The lowest BCUT2D eigenvalue weighted by Gasteiger charge is -2.21. The molecule has 182 valence electrons. The number of pyridine rings is 1. The van der Waals surface area contributed by atoms with Gasteiger partial charge in [0.25, 0.3) is 5.91 Å². The van der Waals surface area contributed by atoms with Crippen LogP contribution < -0.4 is 24.3 Å². The van der Waals surface area contributed by atoms with E-state index in [1.165, 1.54) is 7.11 Å². The van der Waals surface area contributed by atoms with E-state index in [1.807, 2.05) is 0 Å². The third-order valence-corrected chi connectivity index (χ3v) is 5.60. The van der Waals surface area contributed by atoms with Crippen molar-refractivity contribution in [1.82, 2.24) is 10.3 Å². The molecule has 1 aliphatic rings. The molecule has 1 amide bonds. The molecule has 0 unspecified atom stereocenters. The number of fused-ring (bicyclic) bond motifs is 1. The van der Waals surface area contributed by atoms with Crippen LogP contribution in [0.1, 0.15) is 35.3 Å². The van der Waals surface area contributed by atoms with Gasteiger partial charge in [0.05, 0.1) is 18.7 Å². The fourth-order valence-corrected chi connectivity index (χ4v) is 3.40. The number of methoxy groups -OCH3 is 1. The number of carboxylic acids is 1. The number of aliphatic carboxylic acids is 1. The molecule has 0 saturated carbocycles. The number of nitrogens with one attached hydrogen (secondary N) is 1. The maximum absolute atomic E-state index is 13.9. The first-order chi connectivity index (χ1) is 16.7. The number of carbonyl (C=O) groups excluding carboxylic acids is 1. The van der Waals surface area contributed by atoms with Gasteiger partial charge < -0.3 is 29.4 Å². The first kappa shape index (κ1) is 23.8.